The molecule has 0 aliphatic rings. The highest BCUT2D eigenvalue weighted by atomic mass is 32.2. The maximum absolute atomic E-state index is 12.3. The fraction of sp³-hybridized carbons (Fsp3) is 0. The molecule has 0 bridgehead atoms. The van der Waals surface area contributed by atoms with E-state index in [0.717, 1.165) is 0 Å². The molecule has 0 spiro atoms. The van der Waals surface area contributed by atoms with Crippen molar-refractivity contribution in [3.8, 4) is 0 Å². The first-order chi connectivity index (χ1) is 9.56. The number of rotatable bonds is 3. The third-order valence-corrected chi connectivity index (χ3v) is 4.27. The first kappa shape index (κ1) is 12.5. The zero-order chi connectivity index (χ0) is 14.2. The van der Waals surface area contributed by atoms with E-state index in [2.05, 4.69) is 9.88 Å². The first-order valence-electron chi connectivity index (χ1n) is 5.78. The Morgan fingerprint density at radius 2 is 1.95 bits per heavy atom. The number of aromatic nitrogens is 1. The molecule has 1 heterocycles. The summed E-state index contributed by atoms with van der Waals surface area (Å²) in [5.41, 5.74) is 6.90. The normalized spacial score (nSPS) is 11.6. The molecule has 6 nitrogen and oxygen atoms in total. The van der Waals surface area contributed by atoms with E-state index >= 15 is 0 Å². The van der Waals surface area contributed by atoms with Gasteiger partial charge in [-0.1, -0.05) is 17.3 Å². The van der Waals surface area contributed by atoms with Crippen LogP contribution in [0, 0.1) is 0 Å². The van der Waals surface area contributed by atoms with Gasteiger partial charge in [0, 0.05) is 11.1 Å². The standard InChI is InChI=1S/C13H11N3O3S/c14-11-3-1-2-4-13(11)20(17,18)16-10-5-6-12-9(7-10)8-15-19-12/h1-8,16H,14H2. The van der Waals surface area contributed by atoms with Crippen molar-refractivity contribution in [2.24, 2.45) is 0 Å². The molecular formula is C13H11N3O3S. The second-order valence-corrected chi connectivity index (χ2v) is 5.87. The summed E-state index contributed by atoms with van der Waals surface area (Å²) in [6, 6.07) is 11.2. The van der Waals surface area contributed by atoms with Crippen LogP contribution in [0.2, 0.25) is 0 Å². The minimum Gasteiger partial charge on any atom is -0.398 e. The molecule has 3 aromatic rings. The number of nitrogens with one attached hydrogen (secondary N) is 1. The van der Waals surface area contributed by atoms with Gasteiger partial charge in [0.1, 0.15) is 4.90 Å². The van der Waals surface area contributed by atoms with Gasteiger partial charge >= 0.3 is 0 Å². The molecule has 2 aromatic carbocycles. The summed E-state index contributed by atoms with van der Waals surface area (Å²) in [5, 5.41) is 4.35. The van der Waals surface area contributed by atoms with E-state index in [1.807, 2.05) is 0 Å². The number of anilines is 2. The first-order valence-corrected chi connectivity index (χ1v) is 7.26. The van der Waals surface area contributed by atoms with Gasteiger partial charge in [0.05, 0.1) is 11.9 Å². The van der Waals surface area contributed by atoms with Gasteiger partial charge in [0.15, 0.2) is 5.58 Å². The molecule has 1 aromatic heterocycles. The van der Waals surface area contributed by atoms with E-state index in [0.29, 0.717) is 16.7 Å². The summed E-state index contributed by atoms with van der Waals surface area (Å²) in [5.74, 6) is 0. The molecule has 20 heavy (non-hydrogen) atoms. The molecule has 3 rings (SSSR count). The molecule has 0 aliphatic carbocycles. The third-order valence-electron chi connectivity index (χ3n) is 2.81. The van der Waals surface area contributed by atoms with Gasteiger partial charge in [-0.25, -0.2) is 8.42 Å². The van der Waals surface area contributed by atoms with E-state index in [-0.39, 0.29) is 10.6 Å². The number of hydrogen-bond donors (Lipinski definition) is 2. The van der Waals surface area contributed by atoms with Crippen molar-refractivity contribution in [3.05, 3.63) is 48.7 Å². The van der Waals surface area contributed by atoms with E-state index in [9.17, 15) is 8.42 Å². The summed E-state index contributed by atoms with van der Waals surface area (Å²) < 4.78 is 32.0. The van der Waals surface area contributed by atoms with Crippen LogP contribution in [-0.2, 0) is 10.0 Å². The highest BCUT2D eigenvalue weighted by molar-refractivity contribution is 7.92. The van der Waals surface area contributed by atoms with Crippen LogP contribution in [0.5, 0.6) is 0 Å². The Hall–Kier alpha value is -2.54. The highest BCUT2D eigenvalue weighted by Gasteiger charge is 2.17. The van der Waals surface area contributed by atoms with Gasteiger partial charge in [-0.2, -0.15) is 0 Å². The van der Waals surface area contributed by atoms with Gasteiger partial charge in [-0.3, -0.25) is 4.72 Å². The van der Waals surface area contributed by atoms with Crippen LogP contribution in [0.25, 0.3) is 11.0 Å². The van der Waals surface area contributed by atoms with Crippen LogP contribution in [-0.4, -0.2) is 13.6 Å². The predicted octanol–water partition coefficient (Wildman–Crippen LogP) is 2.21. The van der Waals surface area contributed by atoms with E-state index in [1.165, 1.54) is 18.3 Å². The average molecular weight is 289 g/mol. The topological polar surface area (TPSA) is 98.2 Å². The Balaban J connectivity index is 1.99. The zero-order valence-corrected chi connectivity index (χ0v) is 11.1. The number of nitrogens with zero attached hydrogens (tertiary/aromatic N) is 1. The fourth-order valence-electron chi connectivity index (χ4n) is 1.87. The molecule has 0 fully saturated rings. The lowest BCUT2D eigenvalue weighted by atomic mass is 10.2. The van der Waals surface area contributed by atoms with Crippen molar-refractivity contribution in [1.82, 2.24) is 5.16 Å². The molecule has 0 radical (unpaired) electrons. The largest absolute Gasteiger partial charge is 0.398 e. The van der Waals surface area contributed by atoms with Gasteiger partial charge in [0.25, 0.3) is 10.0 Å². The van der Waals surface area contributed by atoms with Gasteiger partial charge in [-0.05, 0) is 30.3 Å². The smallest absolute Gasteiger partial charge is 0.263 e. The van der Waals surface area contributed by atoms with E-state index < -0.39 is 10.0 Å². The molecule has 0 saturated heterocycles. The van der Waals surface area contributed by atoms with Crippen LogP contribution in [0.3, 0.4) is 0 Å². The third kappa shape index (κ3) is 2.19. The second kappa shape index (κ2) is 4.53. The molecule has 3 N–H and O–H groups in total. The van der Waals surface area contributed by atoms with Crippen LogP contribution in [0.15, 0.2) is 58.1 Å². The second-order valence-electron chi connectivity index (χ2n) is 4.22. The highest BCUT2D eigenvalue weighted by Crippen LogP contribution is 2.23. The van der Waals surface area contributed by atoms with Crippen LogP contribution >= 0.6 is 0 Å². The number of nitrogens with two attached hydrogens (primary N) is 1. The van der Waals surface area contributed by atoms with Crippen molar-refractivity contribution >= 4 is 32.4 Å². The number of fused-ring (bicyclic) bond motifs is 1. The molecule has 0 aliphatic heterocycles. The number of para-hydroxylation sites is 1. The minimum absolute atomic E-state index is 0.0467. The Morgan fingerprint density at radius 3 is 2.75 bits per heavy atom. The molecule has 0 saturated carbocycles. The summed E-state index contributed by atoms with van der Waals surface area (Å²) >= 11 is 0. The van der Waals surface area contributed by atoms with Crippen LogP contribution < -0.4 is 10.5 Å². The molecule has 0 unspecified atom stereocenters. The number of hydrogen-bond acceptors (Lipinski definition) is 5. The van der Waals surface area contributed by atoms with Gasteiger partial charge in [-0.15, -0.1) is 0 Å². The SMILES string of the molecule is Nc1ccccc1S(=O)(=O)Nc1ccc2oncc2c1. The Bertz CT molecular complexity index is 871. The predicted molar refractivity (Wildman–Crippen MR) is 75.7 cm³/mol. The maximum Gasteiger partial charge on any atom is 0.263 e. The Labute approximate surface area is 115 Å². The van der Waals surface area contributed by atoms with Crippen molar-refractivity contribution < 1.29 is 12.9 Å². The summed E-state index contributed by atoms with van der Waals surface area (Å²) in [6.07, 6.45) is 1.52. The van der Waals surface area contributed by atoms with E-state index in [4.69, 9.17) is 10.3 Å². The Morgan fingerprint density at radius 1 is 1.15 bits per heavy atom. The van der Waals surface area contributed by atoms with E-state index in [1.54, 1.807) is 30.3 Å². The van der Waals surface area contributed by atoms with Crippen molar-refractivity contribution in [3.63, 3.8) is 0 Å². The lowest BCUT2D eigenvalue weighted by Gasteiger charge is -2.09. The molecule has 0 atom stereocenters. The van der Waals surface area contributed by atoms with Gasteiger partial charge in [0.2, 0.25) is 0 Å². The lowest BCUT2D eigenvalue weighted by molar-refractivity contribution is 0.456. The van der Waals surface area contributed by atoms with Crippen LogP contribution in [0.4, 0.5) is 11.4 Å². The number of benzene rings is 2. The molecule has 7 heteroatoms. The number of sulfonamides is 1. The van der Waals surface area contributed by atoms with Crippen molar-refractivity contribution in [2.75, 3.05) is 10.5 Å². The lowest BCUT2D eigenvalue weighted by Crippen LogP contribution is -2.14. The summed E-state index contributed by atoms with van der Waals surface area (Å²) in [6.45, 7) is 0. The molecule has 102 valence electrons. The minimum atomic E-state index is -3.72. The molecule has 0 amide bonds. The van der Waals surface area contributed by atoms with Gasteiger partial charge < -0.3 is 10.3 Å². The summed E-state index contributed by atoms with van der Waals surface area (Å²) in [7, 11) is -3.72. The van der Waals surface area contributed by atoms with Crippen molar-refractivity contribution in [1.29, 1.82) is 0 Å². The zero-order valence-electron chi connectivity index (χ0n) is 10.3. The number of nitrogen functional groups attached to an aromatic ring is 1. The molecular weight excluding hydrogens is 278 g/mol. The average Bonchev–Trinajstić information content (AvgIpc) is 2.86. The summed E-state index contributed by atoms with van der Waals surface area (Å²) in [4.78, 5) is 0.0467. The van der Waals surface area contributed by atoms with Crippen molar-refractivity contribution in [2.45, 2.75) is 4.90 Å². The Kier molecular flexibility index (Phi) is 2.83. The monoisotopic (exact) mass is 289 g/mol. The van der Waals surface area contributed by atoms with Crippen LogP contribution in [0.1, 0.15) is 0 Å². The maximum atomic E-state index is 12.3. The quantitative estimate of drug-likeness (QED) is 0.720. The fourth-order valence-corrected chi connectivity index (χ4v) is 3.05.